The van der Waals surface area contributed by atoms with Gasteiger partial charge in [-0.3, -0.25) is 10.1 Å². The molecule has 1 aromatic heterocycles. The lowest BCUT2D eigenvalue weighted by atomic mass is 9.90. The number of rotatable bonds is 4. The van der Waals surface area contributed by atoms with Crippen LogP contribution in [0, 0.1) is 27.6 Å². The Morgan fingerprint density at radius 2 is 1.73 bits per heavy atom. The number of benzene rings is 3. The van der Waals surface area contributed by atoms with Crippen molar-refractivity contribution in [1.29, 1.82) is 0 Å². The highest BCUT2D eigenvalue weighted by atomic mass is 19.2. The summed E-state index contributed by atoms with van der Waals surface area (Å²) in [5, 5.41) is 25.4. The molecule has 0 saturated carbocycles. The van der Waals surface area contributed by atoms with E-state index in [-0.39, 0.29) is 6.42 Å². The molecule has 5 rings (SSSR count). The average Bonchev–Trinajstić information content (AvgIpc) is 3.35. The highest BCUT2D eigenvalue weighted by Crippen LogP contribution is 2.39. The number of nitrogens with one attached hydrogen (secondary N) is 1. The zero-order valence-corrected chi connectivity index (χ0v) is 16.7. The summed E-state index contributed by atoms with van der Waals surface area (Å²) >= 11 is 0. The van der Waals surface area contributed by atoms with Crippen LogP contribution in [-0.4, -0.2) is 31.6 Å². The smallest absolute Gasteiger partial charge is 0.257 e. The van der Waals surface area contributed by atoms with Gasteiger partial charge in [0.2, 0.25) is 0 Å². The zero-order valence-electron chi connectivity index (χ0n) is 16.7. The van der Waals surface area contributed by atoms with Gasteiger partial charge in [-0.25, -0.2) is 18.3 Å². The summed E-state index contributed by atoms with van der Waals surface area (Å²) in [6, 6.07) is 12.1. The first-order valence-electron chi connectivity index (χ1n) is 9.83. The minimum absolute atomic E-state index is 0.0784. The summed E-state index contributed by atoms with van der Waals surface area (Å²) in [6.45, 7) is 0. The van der Waals surface area contributed by atoms with Crippen molar-refractivity contribution in [1.82, 2.24) is 20.6 Å². The normalized spacial score (nSPS) is 17.3. The summed E-state index contributed by atoms with van der Waals surface area (Å²) in [6.07, 6.45) is -1.49. The quantitative estimate of drug-likeness (QED) is 0.281. The van der Waals surface area contributed by atoms with Crippen molar-refractivity contribution in [3.63, 3.8) is 0 Å². The molecule has 1 N–H and O–H groups in total. The Kier molecular flexibility index (Phi) is 5.00. The number of hydrogen-bond acceptors (Lipinski definition) is 6. The van der Waals surface area contributed by atoms with E-state index >= 15 is 0 Å². The Morgan fingerprint density at radius 3 is 2.48 bits per heavy atom. The van der Waals surface area contributed by atoms with Gasteiger partial charge in [0, 0.05) is 34.1 Å². The predicted molar refractivity (Wildman–Crippen MR) is 109 cm³/mol. The fourth-order valence-electron chi connectivity index (χ4n) is 3.92. The van der Waals surface area contributed by atoms with Crippen LogP contribution in [0.3, 0.4) is 0 Å². The molecule has 4 aromatic rings. The van der Waals surface area contributed by atoms with Crippen molar-refractivity contribution >= 4 is 0 Å². The van der Waals surface area contributed by atoms with Crippen LogP contribution in [0.4, 0.5) is 13.2 Å². The van der Waals surface area contributed by atoms with E-state index in [0.717, 1.165) is 16.7 Å². The molecular weight excluding hydrogens is 439 g/mol. The number of fused-ring (bicyclic) bond motifs is 1. The maximum atomic E-state index is 14.3. The Labute approximate surface area is 184 Å². The number of aromatic amines is 1. The summed E-state index contributed by atoms with van der Waals surface area (Å²) in [7, 11) is 0. The van der Waals surface area contributed by atoms with E-state index in [2.05, 4.69) is 20.6 Å². The minimum Gasteiger partial charge on any atom is -0.478 e. The minimum atomic E-state index is -1.41. The van der Waals surface area contributed by atoms with Crippen LogP contribution in [-0.2, 0) is 6.42 Å². The van der Waals surface area contributed by atoms with Gasteiger partial charge in [-0.15, -0.1) is 5.10 Å². The topological polar surface area (TPSA) is 107 Å². The van der Waals surface area contributed by atoms with E-state index < -0.39 is 40.1 Å². The van der Waals surface area contributed by atoms with Gasteiger partial charge in [-0.05, 0) is 45.8 Å². The largest absolute Gasteiger partial charge is 0.478 e. The van der Waals surface area contributed by atoms with Crippen LogP contribution in [0.2, 0.25) is 0 Å². The van der Waals surface area contributed by atoms with Crippen LogP contribution in [0.1, 0.15) is 17.2 Å². The molecule has 0 amide bonds. The number of halogens is 3. The molecule has 1 aliphatic rings. The summed E-state index contributed by atoms with van der Waals surface area (Å²) in [5.74, 6) is -2.99. The van der Waals surface area contributed by atoms with Gasteiger partial charge in [0.05, 0.1) is 0 Å². The van der Waals surface area contributed by atoms with Gasteiger partial charge < -0.3 is 4.74 Å². The lowest BCUT2D eigenvalue weighted by Crippen LogP contribution is -2.37. The molecule has 0 aliphatic carbocycles. The molecule has 3 aromatic carbocycles. The van der Waals surface area contributed by atoms with Crippen molar-refractivity contribution in [3.8, 4) is 28.3 Å². The fourth-order valence-corrected chi connectivity index (χ4v) is 3.92. The molecule has 2 atom stereocenters. The lowest BCUT2D eigenvalue weighted by Gasteiger charge is -2.29. The molecule has 0 radical (unpaired) electrons. The molecule has 2 heterocycles. The maximum Gasteiger partial charge on any atom is 0.257 e. The van der Waals surface area contributed by atoms with E-state index in [0.29, 0.717) is 29.3 Å². The molecule has 1 aliphatic heterocycles. The van der Waals surface area contributed by atoms with Crippen LogP contribution < -0.4 is 4.74 Å². The van der Waals surface area contributed by atoms with Crippen LogP contribution >= 0.6 is 0 Å². The molecule has 33 heavy (non-hydrogen) atoms. The standard InChI is InChI=1S/C22H14F3N5O3/c23-16-10-18(25)17(24)9-15(16)21-19(30(31)32)8-14-7-12(4-5-20(14)33-21)11-2-1-3-13(6-11)22-26-28-29-27-22/h1-7,9-10,19,21H,8H2,(H,26,27,28,29). The van der Waals surface area contributed by atoms with Crippen molar-refractivity contribution in [2.45, 2.75) is 18.6 Å². The molecule has 0 spiro atoms. The Morgan fingerprint density at radius 1 is 0.970 bits per heavy atom. The van der Waals surface area contributed by atoms with Crippen molar-refractivity contribution in [3.05, 3.63) is 93.3 Å². The highest BCUT2D eigenvalue weighted by molar-refractivity contribution is 5.71. The van der Waals surface area contributed by atoms with Crippen LogP contribution in [0.15, 0.2) is 54.6 Å². The maximum absolute atomic E-state index is 14.3. The number of hydrogen-bond donors (Lipinski definition) is 1. The van der Waals surface area contributed by atoms with E-state index in [9.17, 15) is 23.3 Å². The second-order valence-corrected chi connectivity index (χ2v) is 7.54. The third-order valence-electron chi connectivity index (χ3n) is 5.52. The van der Waals surface area contributed by atoms with Crippen LogP contribution in [0.5, 0.6) is 5.75 Å². The molecule has 8 nitrogen and oxygen atoms in total. The third-order valence-corrected chi connectivity index (χ3v) is 5.52. The van der Waals surface area contributed by atoms with Gasteiger partial charge in [0.1, 0.15) is 11.6 Å². The summed E-state index contributed by atoms with van der Waals surface area (Å²) < 4.78 is 47.2. The fraction of sp³-hybridized carbons (Fsp3) is 0.136. The third kappa shape index (κ3) is 3.77. The van der Waals surface area contributed by atoms with Gasteiger partial charge in [0.15, 0.2) is 23.6 Å². The molecule has 11 heteroatoms. The number of ether oxygens (including phenoxy) is 1. The van der Waals surface area contributed by atoms with E-state index in [1.807, 2.05) is 24.3 Å². The summed E-state index contributed by atoms with van der Waals surface area (Å²) in [5.41, 5.74) is 2.48. The number of tetrazole rings is 1. The first-order valence-corrected chi connectivity index (χ1v) is 9.83. The molecule has 166 valence electrons. The van der Waals surface area contributed by atoms with Crippen molar-refractivity contribution in [2.24, 2.45) is 0 Å². The SMILES string of the molecule is O=[N+]([O-])C1Cc2cc(-c3cccc(-c4nnn[nH]4)c3)ccc2OC1c1cc(F)c(F)cc1F. The highest BCUT2D eigenvalue weighted by Gasteiger charge is 2.41. The molecule has 0 bridgehead atoms. The second-order valence-electron chi connectivity index (χ2n) is 7.54. The molecule has 0 fully saturated rings. The molecular formula is C22H14F3N5O3. The van der Waals surface area contributed by atoms with Gasteiger partial charge in [-0.2, -0.15) is 0 Å². The summed E-state index contributed by atoms with van der Waals surface area (Å²) in [4.78, 5) is 11.2. The van der Waals surface area contributed by atoms with Gasteiger partial charge in [-0.1, -0.05) is 24.3 Å². The Balaban J connectivity index is 1.51. The number of nitrogens with zero attached hydrogens (tertiary/aromatic N) is 4. The first-order chi connectivity index (χ1) is 15.9. The average molecular weight is 453 g/mol. The van der Waals surface area contributed by atoms with Gasteiger partial charge in [0.25, 0.3) is 6.04 Å². The van der Waals surface area contributed by atoms with Crippen LogP contribution in [0.25, 0.3) is 22.5 Å². The predicted octanol–water partition coefficient (Wildman–Crippen LogP) is 4.27. The number of nitro groups is 1. The monoisotopic (exact) mass is 453 g/mol. The number of aromatic nitrogens is 4. The van der Waals surface area contributed by atoms with Crippen molar-refractivity contribution < 1.29 is 22.8 Å². The Bertz CT molecular complexity index is 1360. The van der Waals surface area contributed by atoms with E-state index in [4.69, 9.17) is 4.74 Å². The number of H-pyrrole nitrogens is 1. The van der Waals surface area contributed by atoms with E-state index in [1.165, 1.54) is 0 Å². The van der Waals surface area contributed by atoms with Gasteiger partial charge >= 0.3 is 0 Å². The van der Waals surface area contributed by atoms with E-state index in [1.54, 1.807) is 18.2 Å². The lowest BCUT2D eigenvalue weighted by molar-refractivity contribution is -0.535. The molecule has 0 saturated heterocycles. The second kappa shape index (κ2) is 8.01. The zero-order chi connectivity index (χ0) is 23.1. The first kappa shape index (κ1) is 20.6. The van der Waals surface area contributed by atoms with Crippen molar-refractivity contribution in [2.75, 3.05) is 0 Å². The Hall–Kier alpha value is -4.28. The molecule has 2 unspecified atom stereocenters.